The van der Waals surface area contributed by atoms with Crippen LogP contribution in [0.2, 0.25) is 5.02 Å². The van der Waals surface area contributed by atoms with Gasteiger partial charge in [0.2, 0.25) is 0 Å². The minimum absolute atomic E-state index is 0.163. The normalized spacial score (nSPS) is 21.6. The molecule has 1 aliphatic heterocycles. The smallest absolute Gasteiger partial charge is 0.304 e. The van der Waals surface area contributed by atoms with Crippen molar-refractivity contribution in [1.82, 2.24) is 0 Å². The number of benzene rings is 1. The van der Waals surface area contributed by atoms with Crippen molar-refractivity contribution >= 4 is 17.6 Å². The molecule has 108 valence electrons. The maximum atomic E-state index is 11.0. The van der Waals surface area contributed by atoms with Gasteiger partial charge in [0, 0.05) is 23.7 Å². The molecular formula is C16H19ClO3. The fraction of sp³-hybridized carbons (Fsp3) is 0.562. The zero-order chi connectivity index (χ0) is 14.2. The SMILES string of the molecule is O=C(O)CC1(c2ccc(C3CCOCC3)c(Cl)c2)CC1. The zero-order valence-corrected chi connectivity index (χ0v) is 12.2. The first-order chi connectivity index (χ1) is 9.61. The molecule has 1 aromatic rings. The van der Waals surface area contributed by atoms with Crippen molar-refractivity contribution < 1.29 is 14.6 Å². The Bertz CT molecular complexity index is 516. The standard InChI is InChI=1S/C16H19ClO3/c17-14-9-12(16(5-6-16)10-15(18)19)1-2-13(14)11-3-7-20-8-4-11/h1-2,9,11H,3-8,10H2,(H,18,19). The molecule has 1 heterocycles. The quantitative estimate of drug-likeness (QED) is 0.920. The van der Waals surface area contributed by atoms with E-state index in [0.717, 1.165) is 49.5 Å². The third kappa shape index (κ3) is 2.70. The van der Waals surface area contributed by atoms with E-state index in [0.29, 0.717) is 5.92 Å². The Morgan fingerprint density at radius 1 is 1.35 bits per heavy atom. The average molecular weight is 295 g/mol. The van der Waals surface area contributed by atoms with Gasteiger partial charge < -0.3 is 9.84 Å². The van der Waals surface area contributed by atoms with Crippen LogP contribution in [0.25, 0.3) is 0 Å². The van der Waals surface area contributed by atoms with Crippen LogP contribution >= 0.6 is 11.6 Å². The van der Waals surface area contributed by atoms with Crippen LogP contribution in [0.3, 0.4) is 0 Å². The second-order valence-corrected chi connectivity index (χ2v) is 6.38. The van der Waals surface area contributed by atoms with Gasteiger partial charge >= 0.3 is 5.97 Å². The minimum atomic E-state index is -0.730. The Labute approximate surface area is 123 Å². The highest BCUT2D eigenvalue weighted by Crippen LogP contribution is 2.52. The molecule has 0 amide bonds. The highest BCUT2D eigenvalue weighted by molar-refractivity contribution is 6.31. The molecule has 0 bridgehead atoms. The molecule has 3 rings (SSSR count). The van der Waals surface area contributed by atoms with Crippen LogP contribution in [0, 0.1) is 0 Å². The molecule has 1 aromatic carbocycles. The topological polar surface area (TPSA) is 46.5 Å². The van der Waals surface area contributed by atoms with Crippen LogP contribution in [0.4, 0.5) is 0 Å². The zero-order valence-electron chi connectivity index (χ0n) is 11.4. The Morgan fingerprint density at radius 3 is 2.60 bits per heavy atom. The van der Waals surface area contributed by atoms with Crippen LogP contribution < -0.4 is 0 Å². The van der Waals surface area contributed by atoms with Crippen molar-refractivity contribution in [2.24, 2.45) is 0 Å². The number of carboxylic acids is 1. The molecule has 20 heavy (non-hydrogen) atoms. The number of hydrogen-bond donors (Lipinski definition) is 1. The van der Waals surface area contributed by atoms with Crippen LogP contribution in [-0.2, 0) is 14.9 Å². The van der Waals surface area contributed by atoms with E-state index in [2.05, 4.69) is 12.1 Å². The van der Waals surface area contributed by atoms with E-state index in [-0.39, 0.29) is 11.8 Å². The molecule has 0 atom stereocenters. The average Bonchev–Trinajstić information content (AvgIpc) is 3.19. The summed E-state index contributed by atoms with van der Waals surface area (Å²) in [6, 6.07) is 6.16. The predicted molar refractivity (Wildman–Crippen MR) is 77.4 cm³/mol. The predicted octanol–water partition coefficient (Wildman–Crippen LogP) is 3.74. The third-order valence-corrected chi connectivity index (χ3v) is 4.94. The number of ether oxygens (including phenoxy) is 1. The number of carbonyl (C=O) groups is 1. The minimum Gasteiger partial charge on any atom is -0.481 e. The molecule has 0 aromatic heterocycles. The van der Waals surface area contributed by atoms with Gasteiger partial charge in [0.15, 0.2) is 0 Å². The number of hydrogen-bond acceptors (Lipinski definition) is 2. The summed E-state index contributed by atoms with van der Waals surface area (Å²) in [7, 11) is 0. The summed E-state index contributed by atoms with van der Waals surface area (Å²) >= 11 is 6.44. The summed E-state index contributed by atoms with van der Waals surface area (Å²) in [6.07, 6.45) is 4.14. The molecule has 0 spiro atoms. The lowest BCUT2D eigenvalue weighted by molar-refractivity contribution is -0.137. The fourth-order valence-corrected chi connectivity index (χ4v) is 3.54. The maximum absolute atomic E-state index is 11.0. The number of carboxylic acid groups (broad SMARTS) is 1. The van der Waals surface area contributed by atoms with Gasteiger partial charge in [-0.1, -0.05) is 23.7 Å². The highest BCUT2D eigenvalue weighted by atomic mass is 35.5. The van der Waals surface area contributed by atoms with Crippen molar-refractivity contribution in [3.8, 4) is 0 Å². The fourth-order valence-electron chi connectivity index (χ4n) is 3.20. The summed E-state index contributed by atoms with van der Waals surface area (Å²) in [4.78, 5) is 11.0. The Kier molecular flexibility index (Phi) is 3.74. The lowest BCUT2D eigenvalue weighted by atomic mass is 9.87. The molecule has 4 heteroatoms. The summed E-state index contributed by atoms with van der Waals surface area (Å²) in [5, 5.41) is 9.81. The van der Waals surface area contributed by atoms with Gasteiger partial charge in [-0.15, -0.1) is 0 Å². The van der Waals surface area contributed by atoms with Crippen LogP contribution in [0.15, 0.2) is 18.2 Å². The van der Waals surface area contributed by atoms with E-state index < -0.39 is 5.97 Å². The Balaban J connectivity index is 1.82. The first kappa shape index (κ1) is 13.9. The summed E-state index contributed by atoms with van der Waals surface area (Å²) in [6.45, 7) is 1.59. The Hall–Kier alpha value is -1.06. The number of rotatable bonds is 4. The molecule has 0 radical (unpaired) electrons. The molecule has 0 unspecified atom stereocenters. The molecule has 1 saturated carbocycles. The summed E-state index contributed by atoms with van der Waals surface area (Å²) in [5.41, 5.74) is 2.11. The van der Waals surface area contributed by atoms with Gasteiger partial charge in [0.25, 0.3) is 0 Å². The van der Waals surface area contributed by atoms with E-state index in [4.69, 9.17) is 21.4 Å². The number of aliphatic carboxylic acids is 1. The third-order valence-electron chi connectivity index (χ3n) is 4.62. The maximum Gasteiger partial charge on any atom is 0.304 e. The molecule has 1 saturated heterocycles. The van der Waals surface area contributed by atoms with E-state index in [1.54, 1.807) is 0 Å². The monoisotopic (exact) mass is 294 g/mol. The Morgan fingerprint density at radius 2 is 2.05 bits per heavy atom. The van der Waals surface area contributed by atoms with Crippen molar-refractivity contribution in [1.29, 1.82) is 0 Å². The van der Waals surface area contributed by atoms with Crippen molar-refractivity contribution in [2.45, 2.75) is 43.4 Å². The van der Waals surface area contributed by atoms with Crippen LogP contribution in [-0.4, -0.2) is 24.3 Å². The van der Waals surface area contributed by atoms with Gasteiger partial charge in [-0.3, -0.25) is 4.79 Å². The second kappa shape index (κ2) is 5.38. The van der Waals surface area contributed by atoms with E-state index >= 15 is 0 Å². The largest absolute Gasteiger partial charge is 0.481 e. The van der Waals surface area contributed by atoms with E-state index in [1.807, 2.05) is 6.07 Å². The van der Waals surface area contributed by atoms with E-state index in [9.17, 15) is 4.79 Å². The molecule has 1 N–H and O–H groups in total. The highest BCUT2D eigenvalue weighted by Gasteiger charge is 2.46. The molecule has 3 nitrogen and oxygen atoms in total. The van der Waals surface area contributed by atoms with Crippen LogP contribution in [0.1, 0.15) is 49.1 Å². The second-order valence-electron chi connectivity index (χ2n) is 5.97. The number of halogens is 1. The lowest BCUT2D eigenvalue weighted by Crippen LogP contribution is -2.16. The van der Waals surface area contributed by atoms with Gasteiger partial charge in [0.05, 0.1) is 6.42 Å². The van der Waals surface area contributed by atoms with Gasteiger partial charge in [-0.05, 0) is 48.8 Å². The molecular weight excluding hydrogens is 276 g/mol. The first-order valence-electron chi connectivity index (χ1n) is 7.20. The summed E-state index contributed by atoms with van der Waals surface area (Å²) < 4.78 is 5.38. The van der Waals surface area contributed by atoms with Crippen molar-refractivity contribution in [3.63, 3.8) is 0 Å². The van der Waals surface area contributed by atoms with Gasteiger partial charge in [0.1, 0.15) is 0 Å². The van der Waals surface area contributed by atoms with Gasteiger partial charge in [-0.2, -0.15) is 0 Å². The summed E-state index contributed by atoms with van der Waals surface area (Å²) in [5.74, 6) is -0.257. The van der Waals surface area contributed by atoms with Crippen LogP contribution in [0.5, 0.6) is 0 Å². The van der Waals surface area contributed by atoms with Crippen molar-refractivity contribution in [2.75, 3.05) is 13.2 Å². The van der Waals surface area contributed by atoms with Gasteiger partial charge in [-0.25, -0.2) is 0 Å². The molecule has 2 aliphatic rings. The first-order valence-corrected chi connectivity index (χ1v) is 7.58. The lowest BCUT2D eigenvalue weighted by Gasteiger charge is -2.24. The molecule has 1 aliphatic carbocycles. The molecule has 2 fully saturated rings. The van der Waals surface area contributed by atoms with E-state index in [1.165, 1.54) is 5.56 Å². The van der Waals surface area contributed by atoms with Crippen molar-refractivity contribution in [3.05, 3.63) is 34.3 Å².